The van der Waals surface area contributed by atoms with Gasteiger partial charge in [0, 0.05) is 21.5 Å². The molecule has 0 amide bonds. The van der Waals surface area contributed by atoms with Crippen molar-refractivity contribution < 1.29 is 0 Å². The maximum absolute atomic E-state index is 2.52. The van der Waals surface area contributed by atoms with Crippen LogP contribution in [0.3, 0.4) is 0 Å². The Morgan fingerprint density at radius 3 is 1.22 bits per heavy atom. The van der Waals surface area contributed by atoms with Crippen molar-refractivity contribution in [1.29, 1.82) is 0 Å². The average Bonchev–Trinajstić information content (AvgIpc) is 3.44. The molecule has 2 heterocycles. The van der Waals surface area contributed by atoms with Crippen LogP contribution in [0.1, 0.15) is 52.7 Å². The van der Waals surface area contributed by atoms with Crippen molar-refractivity contribution in [2.45, 2.75) is 52.4 Å². The second kappa shape index (κ2) is 8.10. The molecule has 0 fully saturated rings. The predicted molar refractivity (Wildman–Crippen MR) is 179 cm³/mol. The molecule has 1 heteroatoms. The fourth-order valence-corrected chi connectivity index (χ4v) is 6.74. The Labute approximate surface area is 241 Å². The molecule has 0 aliphatic heterocycles. The minimum atomic E-state index is 0.0668. The lowest BCUT2D eigenvalue weighted by Crippen LogP contribution is -2.16. The molecule has 0 N–H and O–H groups in total. The lowest BCUT2D eigenvalue weighted by Gasteiger charge is -2.26. The fourth-order valence-electron chi connectivity index (χ4n) is 6.74. The third-order valence-electron chi connectivity index (χ3n) is 9.12. The molecular formula is C40H35N. The minimum absolute atomic E-state index is 0.0668. The van der Waals surface area contributed by atoms with Gasteiger partial charge in [-0.25, -0.2) is 0 Å². The predicted octanol–water partition coefficient (Wildman–Crippen LogP) is 11.4. The molecule has 8 aromatic rings. The van der Waals surface area contributed by atoms with Gasteiger partial charge in [-0.15, -0.1) is 0 Å². The summed E-state index contributed by atoms with van der Waals surface area (Å²) in [4.78, 5) is 0. The van der Waals surface area contributed by atoms with Gasteiger partial charge in [0.05, 0.1) is 16.6 Å². The van der Waals surface area contributed by atoms with Gasteiger partial charge < -0.3 is 4.40 Å². The molecular weight excluding hydrogens is 494 g/mol. The summed E-state index contributed by atoms with van der Waals surface area (Å²) in [7, 11) is 0. The van der Waals surface area contributed by atoms with Crippen molar-refractivity contribution >= 4 is 59.6 Å². The van der Waals surface area contributed by atoms with Crippen LogP contribution in [-0.4, -0.2) is 4.40 Å². The molecule has 0 spiro atoms. The zero-order chi connectivity index (χ0) is 28.3. The number of hydrogen-bond donors (Lipinski definition) is 0. The van der Waals surface area contributed by atoms with E-state index in [1.807, 2.05) is 0 Å². The zero-order valence-corrected chi connectivity index (χ0v) is 24.8. The minimum Gasteiger partial charge on any atom is -0.308 e. The van der Waals surface area contributed by atoms with Crippen LogP contribution in [-0.2, 0) is 10.8 Å². The van der Waals surface area contributed by atoms with Crippen molar-refractivity contribution in [3.05, 3.63) is 114 Å². The molecule has 1 nitrogen and oxygen atoms in total. The monoisotopic (exact) mass is 529 g/mol. The van der Waals surface area contributed by atoms with Gasteiger partial charge in [0.25, 0.3) is 0 Å². The number of rotatable bonds is 1. The highest BCUT2D eigenvalue weighted by Gasteiger charge is 2.23. The topological polar surface area (TPSA) is 4.41 Å². The van der Waals surface area contributed by atoms with Crippen LogP contribution in [0.2, 0.25) is 0 Å². The van der Waals surface area contributed by atoms with E-state index in [1.54, 1.807) is 0 Å². The summed E-state index contributed by atoms with van der Waals surface area (Å²) in [6.07, 6.45) is 0. The number of aromatic nitrogens is 1. The smallest absolute Gasteiger partial charge is 0.0620 e. The third kappa shape index (κ3) is 3.61. The molecule has 0 bridgehead atoms. The van der Waals surface area contributed by atoms with E-state index in [0.29, 0.717) is 0 Å². The number of hydrogen-bond acceptors (Lipinski definition) is 0. The van der Waals surface area contributed by atoms with Crippen molar-refractivity contribution in [1.82, 2.24) is 4.40 Å². The van der Waals surface area contributed by atoms with Crippen LogP contribution in [0.5, 0.6) is 0 Å². The number of fused-ring (bicyclic) bond motifs is 8. The Morgan fingerprint density at radius 2 is 0.805 bits per heavy atom. The zero-order valence-electron chi connectivity index (χ0n) is 24.8. The molecule has 0 saturated heterocycles. The summed E-state index contributed by atoms with van der Waals surface area (Å²) in [5.74, 6) is 0. The van der Waals surface area contributed by atoms with Crippen molar-refractivity contribution in [2.24, 2.45) is 0 Å². The van der Waals surface area contributed by atoms with Gasteiger partial charge in [-0.3, -0.25) is 0 Å². The van der Waals surface area contributed by atoms with Gasteiger partial charge >= 0.3 is 0 Å². The normalized spacial score (nSPS) is 13.1. The summed E-state index contributed by atoms with van der Waals surface area (Å²) in [6.45, 7) is 13.9. The lowest BCUT2D eigenvalue weighted by molar-refractivity contribution is 0.569. The first-order valence-corrected chi connectivity index (χ1v) is 14.8. The highest BCUT2D eigenvalue weighted by atomic mass is 14.9. The van der Waals surface area contributed by atoms with E-state index in [-0.39, 0.29) is 10.8 Å². The fraction of sp³-hybridized carbons (Fsp3) is 0.200. The molecule has 200 valence electrons. The molecule has 2 aromatic heterocycles. The van der Waals surface area contributed by atoms with Crippen molar-refractivity contribution in [2.75, 3.05) is 0 Å². The van der Waals surface area contributed by atoms with E-state index in [9.17, 15) is 0 Å². The molecule has 0 saturated carbocycles. The maximum atomic E-state index is 2.52. The second-order valence-electron chi connectivity index (χ2n) is 14.0. The summed E-state index contributed by atoms with van der Waals surface area (Å²) in [5.41, 5.74) is 9.39. The maximum Gasteiger partial charge on any atom is 0.0620 e. The largest absolute Gasteiger partial charge is 0.308 e. The molecule has 0 unspecified atom stereocenters. The van der Waals surface area contributed by atoms with E-state index in [1.165, 1.54) is 81.9 Å². The van der Waals surface area contributed by atoms with Crippen molar-refractivity contribution in [3.8, 4) is 11.1 Å². The van der Waals surface area contributed by atoms with Crippen LogP contribution < -0.4 is 0 Å². The highest BCUT2D eigenvalue weighted by molar-refractivity contribution is 6.26. The summed E-state index contributed by atoms with van der Waals surface area (Å²) in [5, 5.41) is 10.4. The first-order chi connectivity index (χ1) is 19.6. The first-order valence-electron chi connectivity index (χ1n) is 14.8. The Hall–Kier alpha value is -4.36. The van der Waals surface area contributed by atoms with Gasteiger partial charge in [0.1, 0.15) is 0 Å². The van der Waals surface area contributed by atoms with E-state index < -0.39 is 0 Å². The quantitative estimate of drug-likeness (QED) is 0.199. The lowest BCUT2D eigenvalue weighted by atomic mass is 9.79. The van der Waals surface area contributed by atoms with Gasteiger partial charge in [0.2, 0.25) is 0 Å². The van der Waals surface area contributed by atoms with Crippen LogP contribution in [0, 0.1) is 0 Å². The molecule has 0 radical (unpaired) electrons. The van der Waals surface area contributed by atoms with Crippen LogP contribution in [0.15, 0.2) is 103 Å². The highest BCUT2D eigenvalue weighted by Crippen LogP contribution is 2.44. The van der Waals surface area contributed by atoms with E-state index >= 15 is 0 Å². The summed E-state index contributed by atoms with van der Waals surface area (Å²) >= 11 is 0. The van der Waals surface area contributed by atoms with E-state index in [4.69, 9.17) is 0 Å². The first kappa shape index (κ1) is 24.4. The Morgan fingerprint density at radius 1 is 0.415 bits per heavy atom. The van der Waals surface area contributed by atoms with Gasteiger partial charge in [-0.05, 0) is 91.0 Å². The number of benzene rings is 6. The SMILES string of the molecule is CC(C)(C)c1cc(-c2cc3c4cc5ccccc5cc4n4c5cc6ccccc6cc5c(c2)c34)cc(C(C)(C)C)c1. The summed E-state index contributed by atoms with van der Waals surface area (Å²) in [6, 6.07) is 39.2. The van der Waals surface area contributed by atoms with Crippen LogP contribution in [0.4, 0.5) is 0 Å². The molecule has 8 rings (SSSR count). The van der Waals surface area contributed by atoms with Gasteiger partial charge in [-0.2, -0.15) is 0 Å². The second-order valence-corrected chi connectivity index (χ2v) is 14.0. The average molecular weight is 530 g/mol. The molecule has 0 aliphatic rings. The van der Waals surface area contributed by atoms with Crippen LogP contribution in [0.25, 0.3) is 70.8 Å². The standard InChI is InChI=1S/C40H35N/c1-39(2,3)30-15-28(16-31(23-30)40(4,5)6)29-19-34-32-17-24-11-7-9-13-26(24)21-36(32)41-37-22-27-14-10-8-12-25(27)18-33(37)35(20-29)38(34)41/h7-23H,1-6H3. The van der Waals surface area contributed by atoms with Crippen LogP contribution >= 0.6 is 0 Å². The molecule has 6 aromatic carbocycles. The van der Waals surface area contributed by atoms with Gasteiger partial charge in [0.15, 0.2) is 0 Å². The molecule has 0 aliphatic carbocycles. The number of nitrogens with zero attached hydrogens (tertiary/aromatic N) is 1. The Bertz CT molecular complexity index is 2160. The van der Waals surface area contributed by atoms with E-state index in [0.717, 1.165) is 0 Å². The third-order valence-corrected chi connectivity index (χ3v) is 9.12. The van der Waals surface area contributed by atoms with Gasteiger partial charge in [-0.1, -0.05) is 108 Å². The Kier molecular flexibility index (Phi) is 4.83. The Balaban J connectivity index is 1.56. The van der Waals surface area contributed by atoms with Crippen molar-refractivity contribution in [3.63, 3.8) is 0 Å². The summed E-state index contributed by atoms with van der Waals surface area (Å²) < 4.78 is 2.52. The molecule has 0 atom stereocenters. The molecule has 41 heavy (non-hydrogen) atoms. The van der Waals surface area contributed by atoms with E-state index in [2.05, 4.69) is 149 Å².